The van der Waals surface area contributed by atoms with Gasteiger partial charge >= 0.3 is 0 Å². The van der Waals surface area contributed by atoms with Gasteiger partial charge in [-0.3, -0.25) is 0 Å². The molecule has 9 aromatic rings. The second-order valence-electron chi connectivity index (χ2n) is 17.1. The summed E-state index contributed by atoms with van der Waals surface area (Å²) in [6.07, 6.45) is 0. The molecule has 0 amide bonds. The maximum absolute atomic E-state index is 2.51. The second kappa shape index (κ2) is 11.7. The van der Waals surface area contributed by atoms with Gasteiger partial charge < -0.3 is 4.90 Å². The van der Waals surface area contributed by atoms with Gasteiger partial charge in [-0.05, 0) is 119 Å². The first kappa shape index (κ1) is 32.8. The third kappa shape index (κ3) is 4.14. The Morgan fingerprint density at radius 1 is 0.322 bits per heavy atom. The van der Waals surface area contributed by atoms with Crippen LogP contribution in [-0.2, 0) is 10.8 Å². The largest absolute Gasteiger partial charge is 0.309 e. The first-order valence-electron chi connectivity index (χ1n) is 20.9. The van der Waals surface area contributed by atoms with Crippen molar-refractivity contribution in [1.29, 1.82) is 0 Å². The van der Waals surface area contributed by atoms with E-state index in [4.69, 9.17) is 0 Å². The molecule has 9 aromatic carbocycles. The molecule has 0 fully saturated rings. The maximum atomic E-state index is 2.51. The quantitative estimate of drug-likeness (QED) is 0.169. The van der Waals surface area contributed by atoms with E-state index in [1.807, 2.05) is 0 Å². The molecule has 0 bridgehead atoms. The first-order chi connectivity index (χ1) is 29.0. The highest BCUT2D eigenvalue weighted by atomic mass is 15.1. The molecular weight excluding hydrogens is 711 g/mol. The molecular formula is C58H39N. The Labute approximate surface area is 345 Å². The third-order valence-corrected chi connectivity index (χ3v) is 14.0. The van der Waals surface area contributed by atoms with Gasteiger partial charge in [0.25, 0.3) is 0 Å². The number of hydrogen-bond donors (Lipinski definition) is 0. The first-order valence-corrected chi connectivity index (χ1v) is 20.9. The third-order valence-electron chi connectivity index (χ3n) is 14.0. The Bertz CT molecular complexity index is 3200. The van der Waals surface area contributed by atoms with Crippen LogP contribution in [0.15, 0.2) is 200 Å². The van der Waals surface area contributed by atoms with Crippen LogP contribution in [0.4, 0.5) is 17.1 Å². The molecule has 13 rings (SSSR count). The molecule has 0 aliphatic heterocycles. The van der Waals surface area contributed by atoms with E-state index >= 15 is 0 Å². The highest BCUT2D eigenvalue weighted by Gasteiger charge is 2.57. The summed E-state index contributed by atoms with van der Waals surface area (Å²) in [6.45, 7) is 4.73. The number of hydrogen-bond acceptors (Lipinski definition) is 1. The fraction of sp³-hybridized carbons (Fsp3) is 0.0690. The van der Waals surface area contributed by atoms with Gasteiger partial charge in [0.15, 0.2) is 0 Å². The van der Waals surface area contributed by atoms with Crippen molar-refractivity contribution in [2.45, 2.75) is 24.7 Å². The van der Waals surface area contributed by atoms with Crippen molar-refractivity contribution in [3.05, 3.63) is 234 Å². The standard InChI is InChI=1S/C58H39N/c1-57(2)48-24-9-7-19-47(48)54-50(57)26-14-28-53(54)59(52-27-11-8-17-40(52)37-15-4-3-5-16-37)39-32-29-36(30-33-39)38-31-34-42-44-21-13-23-46-45-22-12-20-43-41-18-6-10-25-49(41)58(55(43)45,56(44)46)51(42)35-38/h3-35H,1-2H3. The minimum Gasteiger partial charge on any atom is -0.309 e. The second-order valence-corrected chi connectivity index (χ2v) is 17.1. The summed E-state index contributed by atoms with van der Waals surface area (Å²) in [7, 11) is 0. The van der Waals surface area contributed by atoms with Gasteiger partial charge in [0, 0.05) is 22.2 Å². The van der Waals surface area contributed by atoms with Crippen LogP contribution in [0.25, 0.3) is 66.8 Å². The Kier molecular flexibility index (Phi) is 6.50. The normalized spacial score (nSPS) is 16.2. The molecule has 1 heteroatoms. The molecule has 1 nitrogen and oxygen atoms in total. The lowest BCUT2D eigenvalue weighted by Crippen LogP contribution is -2.23. The van der Waals surface area contributed by atoms with E-state index in [1.165, 1.54) is 106 Å². The lowest BCUT2D eigenvalue weighted by molar-refractivity contribution is 0.660. The van der Waals surface area contributed by atoms with Crippen molar-refractivity contribution < 1.29 is 0 Å². The number of fused-ring (bicyclic) bond motifs is 8. The number of nitrogens with zero attached hydrogens (tertiary/aromatic N) is 1. The van der Waals surface area contributed by atoms with Crippen molar-refractivity contribution in [1.82, 2.24) is 0 Å². The van der Waals surface area contributed by atoms with Gasteiger partial charge in [0.1, 0.15) is 0 Å². The number of benzene rings is 9. The molecule has 1 spiro atoms. The highest BCUT2D eigenvalue weighted by molar-refractivity contribution is 6.06. The van der Waals surface area contributed by atoms with Gasteiger partial charge in [0.2, 0.25) is 0 Å². The molecule has 1 unspecified atom stereocenters. The van der Waals surface area contributed by atoms with Gasteiger partial charge in [-0.1, -0.05) is 184 Å². The molecule has 0 saturated carbocycles. The van der Waals surface area contributed by atoms with Crippen molar-refractivity contribution >= 4 is 17.1 Å². The zero-order chi connectivity index (χ0) is 39.0. The highest BCUT2D eigenvalue weighted by Crippen LogP contribution is 2.70. The number of para-hydroxylation sites is 1. The van der Waals surface area contributed by atoms with Crippen molar-refractivity contribution in [3.8, 4) is 66.8 Å². The molecule has 0 heterocycles. The lowest BCUT2D eigenvalue weighted by atomic mass is 9.73. The van der Waals surface area contributed by atoms with Gasteiger partial charge in [-0.25, -0.2) is 0 Å². The smallest absolute Gasteiger partial charge is 0.0737 e. The molecule has 4 aliphatic rings. The van der Waals surface area contributed by atoms with Gasteiger partial charge in [-0.15, -0.1) is 0 Å². The molecule has 59 heavy (non-hydrogen) atoms. The molecule has 0 aromatic heterocycles. The molecule has 276 valence electrons. The molecule has 0 radical (unpaired) electrons. The van der Waals surface area contributed by atoms with E-state index in [1.54, 1.807) is 0 Å². The summed E-state index contributed by atoms with van der Waals surface area (Å²) in [5, 5.41) is 0. The van der Waals surface area contributed by atoms with Crippen LogP contribution in [0.3, 0.4) is 0 Å². The number of rotatable bonds is 5. The van der Waals surface area contributed by atoms with Crippen LogP contribution in [-0.4, -0.2) is 0 Å². The summed E-state index contributed by atoms with van der Waals surface area (Å²) in [4.78, 5) is 2.50. The van der Waals surface area contributed by atoms with Gasteiger partial charge in [-0.2, -0.15) is 0 Å². The van der Waals surface area contributed by atoms with Gasteiger partial charge in [0.05, 0.1) is 16.8 Å². The van der Waals surface area contributed by atoms with E-state index in [-0.39, 0.29) is 10.8 Å². The Morgan fingerprint density at radius 2 is 0.831 bits per heavy atom. The zero-order valence-corrected chi connectivity index (χ0v) is 33.0. The molecule has 1 atom stereocenters. The SMILES string of the molecule is CC1(C)c2ccccc2-c2c(N(c3ccc(-c4ccc5c(c4)C46c7ccccc7-c7cccc(c74)-c4cccc-5c46)cc3)c3ccccc3-c3ccccc3)cccc21. The average molecular weight is 750 g/mol. The summed E-state index contributed by atoms with van der Waals surface area (Å²) < 4.78 is 0. The fourth-order valence-corrected chi connectivity index (χ4v) is 11.6. The molecule has 0 N–H and O–H groups in total. The predicted molar refractivity (Wildman–Crippen MR) is 245 cm³/mol. The monoisotopic (exact) mass is 749 g/mol. The Balaban J connectivity index is 0.993. The molecule has 4 aliphatic carbocycles. The summed E-state index contributed by atoms with van der Waals surface area (Å²) in [6, 6.07) is 75.0. The molecule has 0 saturated heterocycles. The maximum Gasteiger partial charge on any atom is 0.0737 e. The summed E-state index contributed by atoms with van der Waals surface area (Å²) >= 11 is 0. The predicted octanol–water partition coefficient (Wildman–Crippen LogP) is 15.1. The lowest BCUT2D eigenvalue weighted by Gasteiger charge is -2.30. The van der Waals surface area contributed by atoms with Crippen LogP contribution in [0.2, 0.25) is 0 Å². The fourth-order valence-electron chi connectivity index (χ4n) is 11.6. The Hall–Kier alpha value is -7.22. The average Bonchev–Trinajstić information content (AvgIpc) is 3.96. The van der Waals surface area contributed by atoms with Crippen LogP contribution in [0.5, 0.6) is 0 Å². The van der Waals surface area contributed by atoms with E-state index < -0.39 is 0 Å². The summed E-state index contributed by atoms with van der Waals surface area (Å²) in [5.74, 6) is 0. The zero-order valence-electron chi connectivity index (χ0n) is 33.0. The minimum atomic E-state index is -0.296. The van der Waals surface area contributed by atoms with Crippen LogP contribution < -0.4 is 4.90 Å². The van der Waals surface area contributed by atoms with E-state index in [2.05, 4.69) is 219 Å². The topological polar surface area (TPSA) is 3.24 Å². The Morgan fingerprint density at radius 3 is 1.56 bits per heavy atom. The van der Waals surface area contributed by atoms with E-state index in [0.717, 1.165) is 11.4 Å². The van der Waals surface area contributed by atoms with Crippen LogP contribution >= 0.6 is 0 Å². The number of anilines is 3. The van der Waals surface area contributed by atoms with Crippen molar-refractivity contribution in [3.63, 3.8) is 0 Å². The van der Waals surface area contributed by atoms with E-state index in [0.29, 0.717) is 0 Å². The van der Waals surface area contributed by atoms with Crippen molar-refractivity contribution in [2.75, 3.05) is 4.90 Å². The van der Waals surface area contributed by atoms with E-state index in [9.17, 15) is 0 Å². The van der Waals surface area contributed by atoms with Crippen molar-refractivity contribution in [2.24, 2.45) is 0 Å². The summed E-state index contributed by atoms with van der Waals surface area (Å²) in [5.41, 5.74) is 27.2. The van der Waals surface area contributed by atoms with Crippen LogP contribution in [0, 0.1) is 0 Å². The van der Waals surface area contributed by atoms with Crippen LogP contribution in [0.1, 0.15) is 47.2 Å². The minimum absolute atomic E-state index is 0.107.